The van der Waals surface area contributed by atoms with Gasteiger partial charge in [0.15, 0.2) is 12.4 Å². The first-order valence-corrected chi connectivity index (χ1v) is 12.3. The molecular formula is C29H29NO10. The highest BCUT2D eigenvalue weighted by molar-refractivity contribution is 5.98. The Balaban J connectivity index is 1.96. The number of benzene rings is 2. The molecule has 0 aliphatic carbocycles. The Hall–Kier alpha value is -4.64. The molecule has 0 unspecified atom stereocenters. The normalized spacial score (nSPS) is 14.8. The van der Waals surface area contributed by atoms with Crippen LogP contribution in [-0.4, -0.2) is 58.9 Å². The van der Waals surface area contributed by atoms with Gasteiger partial charge in [-0.1, -0.05) is 18.2 Å². The summed E-state index contributed by atoms with van der Waals surface area (Å²) in [5.41, 5.74) is 1.46. The van der Waals surface area contributed by atoms with Gasteiger partial charge in [-0.15, -0.1) is 0 Å². The average Bonchev–Trinajstić information content (AvgIpc) is 3.37. The number of esters is 2. The lowest BCUT2D eigenvalue weighted by Crippen LogP contribution is -2.17. The summed E-state index contributed by atoms with van der Waals surface area (Å²) >= 11 is 0. The summed E-state index contributed by atoms with van der Waals surface area (Å²) in [5.74, 6) is -3.86. The Kier molecular flexibility index (Phi) is 8.24. The summed E-state index contributed by atoms with van der Waals surface area (Å²) < 4.78 is 21.1. The number of pyridine rings is 1. The van der Waals surface area contributed by atoms with Crippen LogP contribution in [0.2, 0.25) is 0 Å². The zero-order valence-corrected chi connectivity index (χ0v) is 22.4. The number of carbonyl (C=O) groups is 3. The second-order valence-corrected chi connectivity index (χ2v) is 9.24. The van der Waals surface area contributed by atoms with Crippen molar-refractivity contribution in [1.82, 2.24) is 4.98 Å². The highest BCUT2D eigenvalue weighted by atomic mass is 16.6. The van der Waals surface area contributed by atoms with E-state index in [1.807, 2.05) is 0 Å². The zero-order valence-electron chi connectivity index (χ0n) is 22.4. The molecule has 2 atom stereocenters. The molecule has 40 heavy (non-hydrogen) atoms. The average molecular weight is 552 g/mol. The molecule has 3 N–H and O–H groups in total. The van der Waals surface area contributed by atoms with E-state index in [-0.39, 0.29) is 41.2 Å². The zero-order chi connectivity index (χ0) is 29.1. The number of aromatic nitrogens is 1. The number of aromatic hydroxyl groups is 3. The number of ketones is 1. The monoisotopic (exact) mass is 551 g/mol. The van der Waals surface area contributed by atoms with Crippen molar-refractivity contribution in [2.75, 3.05) is 20.8 Å². The summed E-state index contributed by atoms with van der Waals surface area (Å²) in [6, 6.07) is 7.75. The van der Waals surface area contributed by atoms with Gasteiger partial charge in [-0.25, -0.2) is 4.79 Å². The van der Waals surface area contributed by atoms with Crippen LogP contribution < -0.4 is 4.74 Å². The van der Waals surface area contributed by atoms with E-state index < -0.39 is 47.8 Å². The van der Waals surface area contributed by atoms with Crippen LogP contribution in [0, 0.1) is 6.92 Å². The maximum atomic E-state index is 12.7. The number of hydrogen-bond donors (Lipinski definition) is 3. The maximum Gasteiger partial charge on any atom is 0.343 e. The lowest BCUT2D eigenvalue weighted by Gasteiger charge is -2.25. The Morgan fingerprint density at radius 1 is 1.05 bits per heavy atom. The number of hydrogen-bond acceptors (Lipinski definition) is 11. The van der Waals surface area contributed by atoms with Crippen molar-refractivity contribution in [3.05, 3.63) is 75.6 Å². The van der Waals surface area contributed by atoms with Gasteiger partial charge < -0.3 is 34.3 Å². The van der Waals surface area contributed by atoms with E-state index in [9.17, 15) is 29.7 Å². The van der Waals surface area contributed by atoms with E-state index in [1.165, 1.54) is 27.2 Å². The van der Waals surface area contributed by atoms with Crippen molar-refractivity contribution in [1.29, 1.82) is 0 Å². The number of nitrogens with zero attached hydrogens (tertiary/aromatic N) is 1. The standard InChI is InChI=1S/C29H29NO10/c1-14-26(34)24-16(11-30-14)12-40-29(24)20-9-18(15(2)31)27(35)25(28(20)36)19(10-22(32)37-3)17-7-5-6-8-21(17)39-13-23(33)38-4/h5-9,11,19,29,34-36H,10,12-13H2,1-4H3/t19-,29-/m1/s1. The molecule has 0 amide bonds. The predicted molar refractivity (Wildman–Crippen MR) is 139 cm³/mol. The minimum atomic E-state index is -1.09. The number of para-hydroxylation sites is 1. The SMILES string of the molecule is COC(=O)COc1ccccc1[C@@H](CC(=O)OC)c1c(O)c(C(C)=O)cc([C@H]2OCc3cnc(C)c(O)c32)c1O. The number of aryl methyl sites for hydroxylation is 1. The first-order chi connectivity index (χ1) is 19.1. The van der Waals surface area contributed by atoms with Crippen LogP contribution in [0.25, 0.3) is 0 Å². The third-order valence-electron chi connectivity index (χ3n) is 6.84. The Labute approximate surface area is 229 Å². The number of fused-ring (bicyclic) bond motifs is 1. The van der Waals surface area contributed by atoms with Crippen LogP contribution in [0.3, 0.4) is 0 Å². The van der Waals surface area contributed by atoms with E-state index >= 15 is 0 Å². The molecule has 0 spiro atoms. The van der Waals surface area contributed by atoms with Crippen molar-refractivity contribution in [3.8, 4) is 23.0 Å². The lowest BCUT2D eigenvalue weighted by molar-refractivity contribution is -0.143. The Morgan fingerprint density at radius 2 is 1.75 bits per heavy atom. The summed E-state index contributed by atoms with van der Waals surface area (Å²) in [7, 11) is 2.40. The molecule has 0 bridgehead atoms. The van der Waals surface area contributed by atoms with Crippen LogP contribution in [0.5, 0.6) is 23.0 Å². The van der Waals surface area contributed by atoms with Crippen molar-refractivity contribution >= 4 is 17.7 Å². The van der Waals surface area contributed by atoms with Crippen molar-refractivity contribution in [3.63, 3.8) is 0 Å². The van der Waals surface area contributed by atoms with Crippen LogP contribution in [0.4, 0.5) is 0 Å². The van der Waals surface area contributed by atoms with E-state index in [1.54, 1.807) is 37.4 Å². The number of Topliss-reactive ketones (excluding diaryl/α,β-unsaturated/α-hetero) is 1. The highest BCUT2D eigenvalue weighted by Gasteiger charge is 2.37. The topological polar surface area (TPSA) is 162 Å². The van der Waals surface area contributed by atoms with E-state index in [2.05, 4.69) is 9.72 Å². The largest absolute Gasteiger partial charge is 0.507 e. The molecule has 0 radical (unpaired) electrons. The summed E-state index contributed by atoms with van der Waals surface area (Å²) in [6.07, 6.45) is 0.190. The Bertz CT molecular complexity index is 1480. The summed E-state index contributed by atoms with van der Waals surface area (Å²) in [4.78, 5) is 41.2. The third-order valence-corrected chi connectivity index (χ3v) is 6.84. The van der Waals surface area contributed by atoms with Gasteiger partial charge in [0, 0.05) is 39.9 Å². The first kappa shape index (κ1) is 28.4. The van der Waals surface area contributed by atoms with Crippen LogP contribution in [0.15, 0.2) is 36.5 Å². The molecule has 0 saturated heterocycles. The molecule has 3 aromatic rings. The van der Waals surface area contributed by atoms with Gasteiger partial charge in [0.2, 0.25) is 0 Å². The van der Waals surface area contributed by atoms with Gasteiger partial charge in [0.05, 0.1) is 38.5 Å². The maximum absolute atomic E-state index is 12.7. The van der Waals surface area contributed by atoms with Crippen molar-refractivity contribution in [2.45, 2.75) is 38.9 Å². The molecule has 210 valence electrons. The molecule has 1 aromatic heterocycles. The summed E-state index contributed by atoms with van der Waals surface area (Å²) in [6.45, 7) is 2.51. The smallest absolute Gasteiger partial charge is 0.343 e. The predicted octanol–water partition coefficient (Wildman–Crippen LogP) is 3.58. The van der Waals surface area contributed by atoms with Gasteiger partial charge in [0.25, 0.3) is 0 Å². The number of phenols is 2. The molecule has 4 rings (SSSR count). The molecule has 11 heteroatoms. The molecule has 1 aliphatic heterocycles. The number of carbonyl (C=O) groups excluding carboxylic acids is 3. The lowest BCUT2D eigenvalue weighted by atomic mass is 9.82. The summed E-state index contributed by atoms with van der Waals surface area (Å²) in [5, 5.41) is 33.8. The van der Waals surface area contributed by atoms with Gasteiger partial charge in [0.1, 0.15) is 29.1 Å². The van der Waals surface area contributed by atoms with Gasteiger partial charge in [-0.05, 0) is 26.0 Å². The second-order valence-electron chi connectivity index (χ2n) is 9.24. The molecule has 1 aliphatic rings. The number of phenolic OH excluding ortho intramolecular Hbond substituents is 2. The minimum Gasteiger partial charge on any atom is -0.507 e. The quantitative estimate of drug-likeness (QED) is 0.263. The fourth-order valence-corrected chi connectivity index (χ4v) is 4.78. The molecule has 2 heterocycles. The highest BCUT2D eigenvalue weighted by Crippen LogP contribution is 2.51. The molecule has 2 aromatic carbocycles. The fraction of sp³-hybridized carbons (Fsp3) is 0.310. The fourth-order valence-electron chi connectivity index (χ4n) is 4.78. The third kappa shape index (κ3) is 5.28. The van der Waals surface area contributed by atoms with E-state index in [4.69, 9.17) is 14.2 Å². The Morgan fingerprint density at radius 3 is 2.42 bits per heavy atom. The first-order valence-electron chi connectivity index (χ1n) is 12.3. The number of methoxy groups -OCH3 is 2. The molecule has 0 saturated carbocycles. The number of rotatable bonds is 9. The minimum absolute atomic E-state index is 0.0850. The van der Waals surface area contributed by atoms with E-state index in [0.717, 1.165) is 0 Å². The van der Waals surface area contributed by atoms with Gasteiger partial charge in [-0.3, -0.25) is 14.6 Å². The van der Waals surface area contributed by atoms with Crippen molar-refractivity contribution in [2.24, 2.45) is 0 Å². The van der Waals surface area contributed by atoms with Crippen LogP contribution >= 0.6 is 0 Å². The second kappa shape index (κ2) is 11.6. The number of ether oxygens (including phenoxy) is 4. The molecular weight excluding hydrogens is 522 g/mol. The molecule has 0 fully saturated rings. The van der Waals surface area contributed by atoms with Gasteiger partial charge >= 0.3 is 11.9 Å². The van der Waals surface area contributed by atoms with E-state index in [0.29, 0.717) is 22.4 Å². The molecule has 11 nitrogen and oxygen atoms in total. The van der Waals surface area contributed by atoms with Gasteiger partial charge in [-0.2, -0.15) is 0 Å². The van der Waals surface area contributed by atoms with Crippen LogP contribution in [0.1, 0.15) is 69.2 Å². The van der Waals surface area contributed by atoms with Crippen molar-refractivity contribution < 1.29 is 48.7 Å². The van der Waals surface area contributed by atoms with Crippen LogP contribution in [-0.2, 0) is 30.4 Å².